The van der Waals surface area contributed by atoms with Crippen LogP contribution in [0.5, 0.6) is 0 Å². The van der Waals surface area contributed by atoms with Crippen LogP contribution in [-0.2, 0) is 0 Å². The molecule has 2 aliphatic rings. The van der Waals surface area contributed by atoms with Crippen molar-refractivity contribution in [1.82, 2.24) is 0 Å². The van der Waals surface area contributed by atoms with Gasteiger partial charge in [-0.3, -0.25) is 0 Å². The minimum Gasteiger partial charge on any atom is -0.139 e. The van der Waals surface area contributed by atoms with Crippen LogP contribution in [0.3, 0.4) is 0 Å². The summed E-state index contributed by atoms with van der Waals surface area (Å²) < 4.78 is 1.90. The van der Waals surface area contributed by atoms with Crippen molar-refractivity contribution in [2.75, 3.05) is 11.5 Å². The lowest BCUT2D eigenvalue weighted by molar-refractivity contribution is 0.903. The summed E-state index contributed by atoms with van der Waals surface area (Å²) in [6, 6.07) is 0. The zero-order valence-electron chi connectivity index (χ0n) is 5.60. The summed E-state index contributed by atoms with van der Waals surface area (Å²) in [5.74, 6) is 2.67. The molecule has 3 heteroatoms. The third-order valence-corrected chi connectivity index (χ3v) is 5.89. The summed E-state index contributed by atoms with van der Waals surface area (Å²) in [4.78, 5) is 0. The molecule has 0 aromatic heterocycles. The average Bonchev–Trinajstić information content (AvgIpc) is 2.46. The Morgan fingerprint density at radius 1 is 1.40 bits per heavy atom. The van der Waals surface area contributed by atoms with Gasteiger partial charge in [-0.2, -0.15) is 0 Å². The van der Waals surface area contributed by atoms with E-state index in [1.54, 1.807) is 0 Å². The number of halogens is 1. The van der Waals surface area contributed by atoms with Gasteiger partial charge in [-0.05, 0) is 23.4 Å². The lowest BCUT2D eigenvalue weighted by atomic mass is 10.3. The molecule has 10 heavy (non-hydrogen) atoms. The third-order valence-electron chi connectivity index (χ3n) is 1.86. The van der Waals surface area contributed by atoms with E-state index in [2.05, 4.69) is 45.5 Å². The predicted molar refractivity (Wildman–Crippen MR) is 53.9 cm³/mol. The van der Waals surface area contributed by atoms with Gasteiger partial charge in [0.1, 0.15) is 0 Å². The Bertz CT molecular complexity index is 170. The van der Waals surface area contributed by atoms with Gasteiger partial charge in [-0.25, -0.2) is 0 Å². The first-order valence-corrected chi connectivity index (χ1v) is 6.22. The molecule has 0 radical (unpaired) electrons. The molecule has 0 atom stereocenters. The molecular weight excluding hydrogens is 228 g/mol. The van der Waals surface area contributed by atoms with Crippen LogP contribution >= 0.6 is 39.5 Å². The van der Waals surface area contributed by atoms with Gasteiger partial charge in [0.25, 0.3) is 0 Å². The average molecular weight is 237 g/mol. The van der Waals surface area contributed by atoms with Gasteiger partial charge >= 0.3 is 0 Å². The monoisotopic (exact) mass is 236 g/mol. The fraction of sp³-hybridized carbons (Fsp3) is 0.714. The third kappa shape index (κ3) is 1.28. The van der Waals surface area contributed by atoms with Crippen molar-refractivity contribution >= 4 is 39.5 Å². The normalized spacial score (nSPS) is 29.5. The Balaban J connectivity index is 2.16. The zero-order chi connectivity index (χ0) is 7.03. The highest BCUT2D eigenvalue weighted by atomic mass is 79.9. The molecule has 0 unspecified atom stereocenters. The number of thioether (sulfide) groups is 2. The van der Waals surface area contributed by atoms with Gasteiger partial charge in [0, 0.05) is 11.5 Å². The summed E-state index contributed by atoms with van der Waals surface area (Å²) >= 11 is 7.78. The van der Waals surface area contributed by atoms with Crippen molar-refractivity contribution in [3.63, 3.8) is 0 Å². The maximum atomic E-state index is 3.56. The molecule has 0 nitrogen and oxygen atoms in total. The Morgan fingerprint density at radius 3 is 2.60 bits per heavy atom. The lowest BCUT2D eigenvalue weighted by Gasteiger charge is -2.16. The van der Waals surface area contributed by atoms with E-state index < -0.39 is 0 Å². The second kappa shape index (κ2) is 2.76. The van der Waals surface area contributed by atoms with Gasteiger partial charge < -0.3 is 0 Å². The molecule has 1 aliphatic heterocycles. The first-order chi connectivity index (χ1) is 4.81. The Morgan fingerprint density at radius 2 is 2.10 bits per heavy atom. The van der Waals surface area contributed by atoms with Crippen molar-refractivity contribution in [3.8, 4) is 0 Å². The number of hydrogen-bond acceptors (Lipinski definition) is 2. The van der Waals surface area contributed by atoms with Gasteiger partial charge in [0.2, 0.25) is 0 Å². The summed E-state index contributed by atoms with van der Waals surface area (Å²) in [7, 11) is 0. The first-order valence-electron chi connectivity index (χ1n) is 3.46. The van der Waals surface area contributed by atoms with Crippen LogP contribution in [0.4, 0.5) is 0 Å². The van der Waals surface area contributed by atoms with Crippen molar-refractivity contribution < 1.29 is 0 Å². The van der Waals surface area contributed by atoms with Crippen LogP contribution in [0.25, 0.3) is 0 Å². The standard InChI is InChI=1S/C7H9BrS2/c8-6-1-2-7(5-6)9-3-4-10-7/h5H,1-4H2. The van der Waals surface area contributed by atoms with Gasteiger partial charge in [-0.1, -0.05) is 15.9 Å². The van der Waals surface area contributed by atoms with Crippen LogP contribution in [0.15, 0.2) is 10.6 Å². The van der Waals surface area contributed by atoms with Gasteiger partial charge in [0.15, 0.2) is 0 Å². The highest BCUT2D eigenvalue weighted by molar-refractivity contribution is 9.11. The smallest absolute Gasteiger partial charge is 0.0805 e. The van der Waals surface area contributed by atoms with E-state index in [4.69, 9.17) is 0 Å². The van der Waals surface area contributed by atoms with E-state index in [1.165, 1.54) is 28.8 Å². The Kier molecular flexibility index (Phi) is 2.09. The van der Waals surface area contributed by atoms with Crippen molar-refractivity contribution in [2.24, 2.45) is 0 Å². The SMILES string of the molecule is BrC1=CC2(CC1)SCCS2. The molecular formula is C7H9BrS2. The molecule has 0 amide bonds. The summed E-state index contributed by atoms with van der Waals surface area (Å²) in [5.41, 5.74) is 0. The van der Waals surface area contributed by atoms with Crippen molar-refractivity contribution in [1.29, 1.82) is 0 Å². The number of hydrogen-bond donors (Lipinski definition) is 0. The maximum absolute atomic E-state index is 3.56. The number of allylic oxidation sites excluding steroid dienone is 1. The van der Waals surface area contributed by atoms with E-state index in [-0.39, 0.29) is 0 Å². The van der Waals surface area contributed by atoms with Crippen LogP contribution in [-0.4, -0.2) is 15.6 Å². The van der Waals surface area contributed by atoms with Crippen LogP contribution in [0.2, 0.25) is 0 Å². The summed E-state index contributed by atoms with van der Waals surface area (Å²) in [6.07, 6.45) is 4.98. The quantitative estimate of drug-likeness (QED) is 0.634. The summed E-state index contributed by atoms with van der Waals surface area (Å²) in [5, 5.41) is 0. The van der Waals surface area contributed by atoms with E-state index in [1.807, 2.05) is 0 Å². The van der Waals surface area contributed by atoms with E-state index >= 15 is 0 Å². The molecule has 0 bridgehead atoms. The minimum absolute atomic E-state index is 0.485. The highest BCUT2D eigenvalue weighted by Crippen LogP contribution is 2.53. The first kappa shape index (κ1) is 7.56. The fourth-order valence-electron chi connectivity index (χ4n) is 1.37. The molecule has 56 valence electrons. The molecule has 0 N–H and O–H groups in total. The predicted octanol–water partition coefficient (Wildman–Crippen LogP) is 3.24. The minimum atomic E-state index is 0.485. The lowest BCUT2D eigenvalue weighted by Crippen LogP contribution is -2.07. The molecule has 1 aliphatic carbocycles. The van der Waals surface area contributed by atoms with Crippen LogP contribution in [0.1, 0.15) is 12.8 Å². The molecule has 1 heterocycles. The second-order valence-electron chi connectivity index (χ2n) is 2.60. The molecule has 0 aromatic rings. The molecule has 0 aromatic carbocycles. The summed E-state index contributed by atoms with van der Waals surface area (Å²) in [6.45, 7) is 0. The Hall–Kier alpha value is 0.920. The number of rotatable bonds is 0. The van der Waals surface area contributed by atoms with Gasteiger partial charge in [-0.15, -0.1) is 23.5 Å². The molecule has 1 saturated heterocycles. The second-order valence-corrected chi connectivity index (χ2v) is 6.73. The van der Waals surface area contributed by atoms with Crippen molar-refractivity contribution in [3.05, 3.63) is 10.6 Å². The molecule has 0 saturated carbocycles. The fourth-order valence-corrected chi connectivity index (χ4v) is 5.40. The Labute approximate surface area is 78.3 Å². The highest BCUT2D eigenvalue weighted by Gasteiger charge is 2.36. The van der Waals surface area contributed by atoms with E-state index in [0.717, 1.165) is 0 Å². The zero-order valence-corrected chi connectivity index (χ0v) is 8.82. The molecule has 2 rings (SSSR count). The van der Waals surface area contributed by atoms with Gasteiger partial charge in [0.05, 0.1) is 4.08 Å². The van der Waals surface area contributed by atoms with Crippen LogP contribution in [0, 0.1) is 0 Å². The van der Waals surface area contributed by atoms with E-state index in [9.17, 15) is 0 Å². The van der Waals surface area contributed by atoms with E-state index in [0.29, 0.717) is 4.08 Å². The molecule has 1 fully saturated rings. The van der Waals surface area contributed by atoms with Crippen molar-refractivity contribution in [2.45, 2.75) is 16.9 Å². The van der Waals surface area contributed by atoms with Crippen LogP contribution < -0.4 is 0 Å². The topological polar surface area (TPSA) is 0 Å². The largest absolute Gasteiger partial charge is 0.139 e. The molecule has 1 spiro atoms. The maximum Gasteiger partial charge on any atom is 0.0805 e.